The summed E-state index contributed by atoms with van der Waals surface area (Å²) >= 11 is 0. The normalized spacial score (nSPS) is 24.9. The van der Waals surface area contributed by atoms with Crippen LogP contribution in [0.25, 0.3) is 0 Å². The fraction of sp³-hybridized carbons (Fsp3) is 0.917. The van der Waals surface area contributed by atoms with Gasteiger partial charge in [0.25, 0.3) is 0 Å². The molecule has 0 aromatic carbocycles. The molecule has 1 aliphatic heterocycles. The molecule has 94 valence electrons. The summed E-state index contributed by atoms with van der Waals surface area (Å²) in [6.07, 6.45) is 3.62. The van der Waals surface area contributed by atoms with E-state index in [1.807, 2.05) is 20.9 Å². The highest BCUT2D eigenvalue weighted by Crippen LogP contribution is 2.14. The Balaban J connectivity index is 2.38. The number of hydrogen-bond donors (Lipinski definition) is 1. The highest BCUT2D eigenvalue weighted by Gasteiger charge is 2.24. The Hall–Kier alpha value is -0.610. The molecule has 0 aromatic rings. The third-order valence-corrected chi connectivity index (χ3v) is 3.31. The van der Waals surface area contributed by atoms with Crippen LogP contribution in [0.1, 0.15) is 33.1 Å². The van der Waals surface area contributed by atoms with Gasteiger partial charge in [0.2, 0.25) is 5.91 Å². The van der Waals surface area contributed by atoms with E-state index in [1.165, 1.54) is 6.42 Å². The predicted molar refractivity (Wildman–Crippen MR) is 64.0 cm³/mol. The lowest BCUT2D eigenvalue weighted by molar-refractivity contribution is -0.136. The van der Waals surface area contributed by atoms with Crippen molar-refractivity contribution >= 4 is 5.91 Å². The van der Waals surface area contributed by atoms with E-state index in [0.29, 0.717) is 6.54 Å². The first-order valence-corrected chi connectivity index (χ1v) is 6.14. The van der Waals surface area contributed by atoms with Gasteiger partial charge in [-0.2, -0.15) is 0 Å². The summed E-state index contributed by atoms with van der Waals surface area (Å²) in [4.78, 5) is 13.7. The fourth-order valence-electron chi connectivity index (χ4n) is 1.92. The van der Waals surface area contributed by atoms with Crippen LogP contribution < -0.4 is 5.73 Å². The number of ether oxygens (including phenoxy) is 1. The second-order valence-corrected chi connectivity index (χ2v) is 4.86. The number of carbonyl (C=O) groups is 1. The predicted octanol–water partition coefficient (Wildman–Crippen LogP) is 0.997. The summed E-state index contributed by atoms with van der Waals surface area (Å²) in [6, 6.07) is -0.0952. The smallest absolute Gasteiger partial charge is 0.226 e. The average Bonchev–Trinajstić information content (AvgIpc) is 2.28. The Morgan fingerprint density at radius 1 is 1.50 bits per heavy atom. The maximum absolute atomic E-state index is 11.9. The molecule has 4 nitrogen and oxygen atoms in total. The molecule has 1 fully saturated rings. The molecule has 1 amide bonds. The number of carbonyl (C=O) groups excluding carboxylic acids is 1. The number of nitrogens with two attached hydrogens (primary N) is 1. The van der Waals surface area contributed by atoms with Gasteiger partial charge in [0.05, 0.1) is 12.0 Å². The van der Waals surface area contributed by atoms with E-state index in [0.717, 1.165) is 19.4 Å². The molecule has 3 atom stereocenters. The molecule has 0 aliphatic carbocycles. The van der Waals surface area contributed by atoms with Crippen LogP contribution in [0, 0.1) is 5.92 Å². The molecule has 0 spiro atoms. The molecule has 4 heteroatoms. The van der Waals surface area contributed by atoms with E-state index in [4.69, 9.17) is 10.5 Å². The van der Waals surface area contributed by atoms with Crippen molar-refractivity contribution < 1.29 is 9.53 Å². The molecule has 0 saturated carbocycles. The van der Waals surface area contributed by atoms with Gasteiger partial charge in [-0.15, -0.1) is 0 Å². The standard InChI is InChI=1S/C12H24N2O2/c1-9(10(2)13)12(15)14(3)8-11-6-4-5-7-16-11/h9-11H,4-8,13H2,1-3H3. The van der Waals surface area contributed by atoms with E-state index in [-0.39, 0.29) is 24.0 Å². The summed E-state index contributed by atoms with van der Waals surface area (Å²) in [7, 11) is 1.83. The first-order valence-electron chi connectivity index (χ1n) is 6.14. The summed E-state index contributed by atoms with van der Waals surface area (Å²) in [5, 5.41) is 0. The third-order valence-electron chi connectivity index (χ3n) is 3.31. The molecule has 1 heterocycles. The third kappa shape index (κ3) is 3.76. The van der Waals surface area contributed by atoms with Crippen LogP contribution in [0.4, 0.5) is 0 Å². The Morgan fingerprint density at radius 3 is 2.69 bits per heavy atom. The highest BCUT2D eigenvalue weighted by atomic mass is 16.5. The molecular formula is C12H24N2O2. The molecule has 16 heavy (non-hydrogen) atoms. The number of amides is 1. The molecule has 1 rings (SSSR count). The maximum Gasteiger partial charge on any atom is 0.226 e. The van der Waals surface area contributed by atoms with Gasteiger partial charge < -0.3 is 15.4 Å². The second kappa shape index (κ2) is 6.21. The van der Waals surface area contributed by atoms with Gasteiger partial charge in [-0.05, 0) is 26.2 Å². The minimum Gasteiger partial charge on any atom is -0.376 e. The maximum atomic E-state index is 11.9. The summed E-state index contributed by atoms with van der Waals surface area (Å²) in [6.45, 7) is 5.27. The zero-order valence-electron chi connectivity index (χ0n) is 10.6. The fourth-order valence-corrected chi connectivity index (χ4v) is 1.92. The van der Waals surface area contributed by atoms with Gasteiger partial charge in [-0.25, -0.2) is 0 Å². The van der Waals surface area contributed by atoms with E-state index in [2.05, 4.69) is 0 Å². The largest absolute Gasteiger partial charge is 0.376 e. The summed E-state index contributed by atoms with van der Waals surface area (Å²) in [5.74, 6) is -0.00207. The Bertz CT molecular complexity index is 225. The zero-order chi connectivity index (χ0) is 12.1. The molecule has 0 aromatic heterocycles. The molecule has 2 N–H and O–H groups in total. The van der Waals surface area contributed by atoms with Crippen molar-refractivity contribution in [3.05, 3.63) is 0 Å². The number of rotatable bonds is 4. The van der Waals surface area contributed by atoms with Crippen molar-refractivity contribution in [2.45, 2.75) is 45.3 Å². The van der Waals surface area contributed by atoms with Crippen molar-refractivity contribution in [1.82, 2.24) is 4.90 Å². The minimum atomic E-state index is -0.117. The molecule has 0 radical (unpaired) electrons. The monoisotopic (exact) mass is 228 g/mol. The van der Waals surface area contributed by atoms with Gasteiger partial charge in [0.15, 0.2) is 0 Å². The van der Waals surface area contributed by atoms with Crippen LogP contribution in [0.5, 0.6) is 0 Å². The van der Waals surface area contributed by atoms with Crippen molar-refractivity contribution in [1.29, 1.82) is 0 Å². The first kappa shape index (κ1) is 13.5. The van der Waals surface area contributed by atoms with Crippen LogP contribution in [-0.2, 0) is 9.53 Å². The lowest BCUT2D eigenvalue weighted by Crippen LogP contribution is -2.43. The van der Waals surface area contributed by atoms with E-state index in [9.17, 15) is 4.79 Å². The Labute approximate surface area is 98.1 Å². The zero-order valence-corrected chi connectivity index (χ0v) is 10.6. The van der Waals surface area contributed by atoms with Gasteiger partial charge in [0.1, 0.15) is 0 Å². The summed E-state index contributed by atoms with van der Waals surface area (Å²) in [5.41, 5.74) is 5.73. The van der Waals surface area contributed by atoms with Crippen LogP contribution in [0.15, 0.2) is 0 Å². The van der Waals surface area contributed by atoms with Crippen LogP contribution >= 0.6 is 0 Å². The van der Waals surface area contributed by atoms with E-state index in [1.54, 1.807) is 4.90 Å². The molecule has 1 aliphatic rings. The van der Waals surface area contributed by atoms with Gasteiger partial charge in [-0.1, -0.05) is 6.92 Å². The number of likely N-dealkylation sites (N-methyl/N-ethyl adjacent to an activating group) is 1. The minimum absolute atomic E-state index is 0.0952. The topological polar surface area (TPSA) is 55.6 Å². The van der Waals surface area contributed by atoms with Crippen LogP contribution in [0.3, 0.4) is 0 Å². The number of hydrogen-bond acceptors (Lipinski definition) is 3. The van der Waals surface area contributed by atoms with E-state index >= 15 is 0 Å². The summed E-state index contributed by atoms with van der Waals surface area (Å²) < 4.78 is 5.61. The average molecular weight is 228 g/mol. The van der Waals surface area contributed by atoms with Gasteiger partial charge in [0, 0.05) is 26.2 Å². The highest BCUT2D eigenvalue weighted by molar-refractivity contribution is 5.78. The van der Waals surface area contributed by atoms with Crippen molar-refractivity contribution in [3.63, 3.8) is 0 Å². The number of nitrogens with zero attached hydrogens (tertiary/aromatic N) is 1. The lowest BCUT2D eigenvalue weighted by Gasteiger charge is -2.29. The first-order chi connectivity index (χ1) is 7.52. The molecule has 0 bridgehead atoms. The quantitative estimate of drug-likeness (QED) is 0.781. The molecular weight excluding hydrogens is 204 g/mol. The second-order valence-electron chi connectivity index (χ2n) is 4.86. The van der Waals surface area contributed by atoms with Crippen molar-refractivity contribution in [3.8, 4) is 0 Å². The van der Waals surface area contributed by atoms with Gasteiger partial charge in [-0.3, -0.25) is 4.79 Å². The van der Waals surface area contributed by atoms with Crippen LogP contribution in [-0.4, -0.2) is 43.2 Å². The Kier molecular flexibility index (Phi) is 5.22. The van der Waals surface area contributed by atoms with E-state index < -0.39 is 0 Å². The van der Waals surface area contributed by atoms with Gasteiger partial charge >= 0.3 is 0 Å². The lowest BCUT2D eigenvalue weighted by atomic mass is 10.0. The van der Waals surface area contributed by atoms with Crippen molar-refractivity contribution in [2.75, 3.05) is 20.2 Å². The van der Waals surface area contributed by atoms with Crippen molar-refractivity contribution in [2.24, 2.45) is 11.7 Å². The SMILES string of the molecule is CC(N)C(C)C(=O)N(C)CC1CCCCO1. The molecule has 3 unspecified atom stereocenters. The van der Waals surface area contributed by atoms with Crippen LogP contribution in [0.2, 0.25) is 0 Å². The molecule has 1 saturated heterocycles. The Morgan fingerprint density at radius 2 is 2.19 bits per heavy atom.